The molecule has 0 aliphatic carbocycles. The Hall–Kier alpha value is -1.89. The van der Waals surface area contributed by atoms with Gasteiger partial charge in [-0.05, 0) is 6.42 Å². The summed E-state index contributed by atoms with van der Waals surface area (Å²) in [5.41, 5.74) is 2.91. The van der Waals surface area contributed by atoms with Crippen molar-refractivity contribution >= 4 is 5.69 Å². The van der Waals surface area contributed by atoms with E-state index in [1.807, 2.05) is 19.4 Å². The molecule has 0 atom stereocenters. The molecule has 2 rings (SSSR count). The number of anilines is 1. The fourth-order valence-corrected chi connectivity index (χ4v) is 1.76. The number of aliphatic hydroxyl groups is 1. The summed E-state index contributed by atoms with van der Waals surface area (Å²) in [6, 6.07) is 0. The van der Waals surface area contributed by atoms with Crippen molar-refractivity contribution in [2.75, 3.05) is 11.9 Å². The molecular weight excluding hydrogens is 232 g/mol. The molecule has 0 unspecified atom stereocenters. The highest BCUT2D eigenvalue weighted by atomic mass is 16.3. The zero-order chi connectivity index (χ0) is 13.0. The van der Waals surface area contributed by atoms with E-state index < -0.39 is 0 Å². The van der Waals surface area contributed by atoms with Gasteiger partial charge in [-0.2, -0.15) is 5.10 Å². The van der Waals surface area contributed by atoms with E-state index in [9.17, 15) is 0 Å². The number of aliphatic hydroxyl groups excluding tert-OH is 1. The van der Waals surface area contributed by atoms with E-state index >= 15 is 0 Å². The van der Waals surface area contributed by atoms with Crippen molar-refractivity contribution in [2.24, 2.45) is 7.05 Å². The van der Waals surface area contributed by atoms with Gasteiger partial charge in [-0.25, -0.2) is 4.68 Å². The number of hydrogen-bond donors (Lipinski definition) is 2. The monoisotopic (exact) mass is 250 g/mol. The van der Waals surface area contributed by atoms with Gasteiger partial charge in [0.05, 0.1) is 37.3 Å². The van der Waals surface area contributed by atoms with Gasteiger partial charge >= 0.3 is 0 Å². The summed E-state index contributed by atoms with van der Waals surface area (Å²) in [4.78, 5) is 0. The quantitative estimate of drug-likeness (QED) is 0.764. The minimum atomic E-state index is 0.0683. The van der Waals surface area contributed by atoms with Gasteiger partial charge in [0.1, 0.15) is 5.69 Å². The van der Waals surface area contributed by atoms with Crippen molar-refractivity contribution in [1.29, 1.82) is 0 Å². The third kappa shape index (κ3) is 2.86. The van der Waals surface area contributed by atoms with Gasteiger partial charge in [-0.3, -0.25) is 4.68 Å². The van der Waals surface area contributed by atoms with E-state index in [1.165, 1.54) is 0 Å². The summed E-state index contributed by atoms with van der Waals surface area (Å²) in [5.74, 6) is 0. The average molecular weight is 250 g/mol. The molecule has 7 nitrogen and oxygen atoms in total. The summed E-state index contributed by atoms with van der Waals surface area (Å²) in [6.07, 6.45) is 4.67. The fourth-order valence-electron chi connectivity index (χ4n) is 1.76. The predicted octanol–water partition coefficient (Wildman–Crippen LogP) is 0.178. The number of aromatic nitrogens is 5. The molecule has 2 N–H and O–H groups in total. The van der Waals surface area contributed by atoms with Crippen LogP contribution in [-0.4, -0.2) is 36.5 Å². The Morgan fingerprint density at radius 2 is 2.22 bits per heavy atom. The summed E-state index contributed by atoms with van der Waals surface area (Å²) in [7, 11) is 1.90. The van der Waals surface area contributed by atoms with Crippen LogP contribution in [0.4, 0.5) is 5.69 Å². The van der Waals surface area contributed by atoms with Gasteiger partial charge in [-0.1, -0.05) is 12.1 Å². The first-order chi connectivity index (χ1) is 8.72. The molecule has 0 bridgehead atoms. The normalized spacial score (nSPS) is 10.8. The summed E-state index contributed by atoms with van der Waals surface area (Å²) in [6.45, 7) is 3.22. The number of nitrogens with zero attached hydrogens (tertiary/aromatic N) is 5. The lowest BCUT2D eigenvalue weighted by molar-refractivity contribution is 0.268. The molecule has 0 aromatic carbocycles. The van der Waals surface area contributed by atoms with Crippen LogP contribution in [-0.2, 0) is 26.6 Å². The van der Waals surface area contributed by atoms with Gasteiger partial charge in [0.15, 0.2) is 0 Å². The maximum absolute atomic E-state index is 8.79. The Kier molecular flexibility index (Phi) is 3.93. The smallest absolute Gasteiger partial charge is 0.102 e. The van der Waals surface area contributed by atoms with E-state index in [0.29, 0.717) is 13.1 Å². The van der Waals surface area contributed by atoms with E-state index in [1.54, 1.807) is 9.36 Å². The summed E-state index contributed by atoms with van der Waals surface area (Å²) >= 11 is 0. The van der Waals surface area contributed by atoms with Gasteiger partial charge in [0.2, 0.25) is 0 Å². The van der Waals surface area contributed by atoms with Crippen molar-refractivity contribution in [2.45, 2.75) is 26.4 Å². The largest absolute Gasteiger partial charge is 0.394 e. The van der Waals surface area contributed by atoms with Crippen molar-refractivity contribution in [1.82, 2.24) is 24.8 Å². The summed E-state index contributed by atoms with van der Waals surface area (Å²) < 4.78 is 3.42. The van der Waals surface area contributed by atoms with E-state index in [2.05, 4.69) is 27.7 Å². The Labute approximate surface area is 105 Å². The lowest BCUT2D eigenvalue weighted by Crippen LogP contribution is -2.02. The van der Waals surface area contributed by atoms with E-state index in [0.717, 1.165) is 23.5 Å². The molecule has 2 aromatic heterocycles. The van der Waals surface area contributed by atoms with E-state index in [-0.39, 0.29) is 6.61 Å². The third-order valence-electron chi connectivity index (χ3n) is 2.62. The zero-order valence-electron chi connectivity index (χ0n) is 10.7. The number of nitrogens with one attached hydrogen (secondary N) is 1. The van der Waals surface area contributed by atoms with Crippen LogP contribution in [0, 0.1) is 0 Å². The molecule has 0 fully saturated rings. The van der Waals surface area contributed by atoms with Crippen molar-refractivity contribution < 1.29 is 5.11 Å². The summed E-state index contributed by atoms with van der Waals surface area (Å²) in [5, 5.41) is 24.4. The molecule has 0 spiro atoms. The first-order valence-electron chi connectivity index (χ1n) is 5.99. The van der Waals surface area contributed by atoms with Crippen LogP contribution >= 0.6 is 0 Å². The first kappa shape index (κ1) is 12.6. The zero-order valence-corrected chi connectivity index (χ0v) is 10.7. The SMILES string of the molecule is CCc1nn(C)cc1NCc1cn(CCO)nn1. The average Bonchev–Trinajstić information content (AvgIpc) is 2.93. The van der Waals surface area contributed by atoms with Crippen molar-refractivity contribution in [3.05, 3.63) is 23.8 Å². The molecule has 2 heterocycles. The second-order valence-electron chi connectivity index (χ2n) is 4.07. The van der Waals surface area contributed by atoms with Crippen LogP contribution in [0.25, 0.3) is 0 Å². The Balaban J connectivity index is 1.97. The van der Waals surface area contributed by atoms with Gasteiger partial charge < -0.3 is 10.4 Å². The highest BCUT2D eigenvalue weighted by Crippen LogP contribution is 2.14. The number of rotatable bonds is 6. The minimum absolute atomic E-state index is 0.0683. The molecule has 7 heteroatoms. The predicted molar refractivity (Wildman–Crippen MR) is 67.0 cm³/mol. The maximum atomic E-state index is 8.79. The van der Waals surface area contributed by atoms with Crippen molar-refractivity contribution in [3.63, 3.8) is 0 Å². The van der Waals surface area contributed by atoms with Crippen LogP contribution in [0.5, 0.6) is 0 Å². The fraction of sp³-hybridized carbons (Fsp3) is 0.545. The standard InChI is InChI=1S/C11H18N6O/c1-3-10-11(8-16(2)14-10)12-6-9-7-17(4-5-18)15-13-9/h7-8,12,18H,3-6H2,1-2H3. The van der Waals surface area contributed by atoms with Crippen molar-refractivity contribution in [3.8, 4) is 0 Å². The molecule has 0 saturated carbocycles. The number of hydrogen-bond acceptors (Lipinski definition) is 5. The molecular formula is C11H18N6O. The molecule has 0 radical (unpaired) electrons. The highest BCUT2D eigenvalue weighted by molar-refractivity contribution is 5.46. The maximum Gasteiger partial charge on any atom is 0.102 e. The Bertz CT molecular complexity index is 503. The number of aryl methyl sites for hydroxylation is 2. The third-order valence-corrected chi connectivity index (χ3v) is 2.62. The molecule has 98 valence electrons. The molecule has 0 aliphatic heterocycles. The molecule has 2 aromatic rings. The first-order valence-corrected chi connectivity index (χ1v) is 5.99. The van der Waals surface area contributed by atoms with Gasteiger partial charge in [0, 0.05) is 13.2 Å². The molecule has 18 heavy (non-hydrogen) atoms. The highest BCUT2D eigenvalue weighted by Gasteiger charge is 2.06. The van der Waals surface area contributed by atoms with Crippen LogP contribution < -0.4 is 5.32 Å². The minimum Gasteiger partial charge on any atom is -0.394 e. The Morgan fingerprint density at radius 1 is 1.39 bits per heavy atom. The van der Waals surface area contributed by atoms with Crippen LogP contribution in [0.3, 0.4) is 0 Å². The molecule has 0 aliphatic rings. The second-order valence-corrected chi connectivity index (χ2v) is 4.07. The molecule has 0 amide bonds. The van der Waals surface area contributed by atoms with E-state index in [4.69, 9.17) is 5.11 Å². The topological polar surface area (TPSA) is 80.8 Å². The van der Waals surface area contributed by atoms with Gasteiger partial charge in [0.25, 0.3) is 0 Å². The molecule has 0 saturated heterocycles. The van der Waals surface area contributed by atoms with Crippen LogP contribution in [0.2, 0.25) is 0 Å². The lowest BCUT2D eigenvalue weighted by Gasteiger charge is -2.02. The van der Waals surface area contributed by atoms with Crippen LogP contribution in [0.15, 0.2) is 12.4 Å². The lowest BCUT2D eigenvalue weighted by atomic mass is 10.3. The second kappa shape index (κ2) is 5.63. The van der Waals surface area contributed by atoms with Gasteiger partial charge in [-0.15, -0.1) is 5.10 Å². The Morgan fingerprint density at radius 3 is 2.94 bits per heavy atom. The van der Waals surface area contributed by atoms with Crippen LogP contribution in [0.1, 0.15) is 18.3 Å².